The number of halogens is 6. The number of aliphatic carboxylic acids is 1. The van der Waals surface area contributed by atoms with Crippen LogP contribution in [0.1, 0.15) is 14.3 Å². The van der Waals surface area contributed by atoms with Gasteiger partial charge in [0.05, 0.1) is 0 Å². The van der Waals surface area contributed by atoms with Gasteiger partial charge in [-0.05, 0) is 6.42 Å². The van der Waals surface area contributed by atoms with Crippen molar-refractivity contribution in [3.63, 3.8) is 0 Å². The second-order valence-corrected chi connectivity index (χ2v) is 4.82. The van der Waals surface area contributed by atoms with Gasteiger partial charge in [-0.1, -0.05) is 0 Å². The summed E-state index contributed by atoms with van der Waals surface area (Å²) in [5, 5.41) is 8.22. The molecule has 0 spiro atoms. The first kappa shape index (κ1) is 18.3. The van der Waals surface area contributed by atoms with E-state index >= 15 is 0 Å². The Balaban J connectivity index is -0.000000251. The summed E-state index contributed by atoms with van der Waals surface area (Å²) in [6.07, 6.45) is 0.123. The van der Waals surface area contributed by atoms with Crippen molar-refractivity contribution in [2.45, 2.75) is 18.9 Å². The van der Waals surface area contributed by atoms with Crippen LogP contribution in [-0.2, 0) is 9.59 Å². The maximum atomic E-state index is 10.1. The van der Waals surface area contributed by atoms with Crippen LogP contribution in [0.25, 0.3) is 0 Å². The quantitative estimate of drug-likeness (QED) is 0.545. The molecule has 0 aromatic carbocycles. The zero-order valence-electron chi connectivity index (χ0n) is 9.12. The van der Waals surface area contributed by atoms with E-state index in [2.05, 4.69) is 0 Å². The summed E-state index contributed by atoms with van der Waals surface area (Å²) in [5.74, 6) is -1.64. The van der Waals surface area contributed by atoms with Gasteiger partial charge < -0.3 is 16.6 Å². The van der Waals surface area contributed by atoms with Gasteiger partial charge in [0.15, 0.2) is 0 Å². The fourth-order valence-electron chi connectivity index (χ4n) is 0.421. The largest absolute Gasteiger partial charge is 1.00 e. The Morgan fingerprint density at radius 1 is 1.18 bits per heavy atom. The molecule has 0 saturated carbocycles. The summed E-state index contributed by atoms with van der Waals surface area (Å²) in [7, 11) is -10.7. The number of carbonyl (C=O) groups is 2. The number of hydrogen-bond donors (Lipinski definition) is 3. The Kier molecular flexibility index (Phi) is 5.00. The molecule has 0 fully saturated rings. The average Bonchev–Trinajstić information content (AvgIpc) is 1.93. The van der Waals surface area contributed by atoms with Crippen LogP contribution in [0, 0.1) is 0 Å². The topological polar surface area (TPSA) is 106 Å². The molecule has 0 aliphatic heterocycles. The van der Waals surface area contributed by atoms with Crippen LogP contribution < -0.4 is 11.5 Å². The number of carbonyl (C=O) groups excluding carboxylic acids is 1. The van der Waals surface area contributed by atoms with Crippen molar-refractivity contribution in [3.8, 4) is 0 Å². The summed E-state index contributed by atoms with van der Waals surface area (Å²) in [6, 6.07) is -0.979. The van der Waals surface area contributed by atoms with Gasteiger partial charge >= 0.3 is 40.4 Å². The number of primary amides is 1. The van der Waals surface area contributed by atoms with E-state index in [1.807, 2.05) is 0 Å². The van der Waals surface area contributed by atoms with Crippen LogP contribution in [0.4, 0.5) is 25.2 Å². The van der Waals surface area contributed by atoms with Crippen molar-refractivity contribution < 1.29 is 41.3 Å². The molecule has 5 nitrogen and oxygen atoms in total. The standard InChI is InChI=1S/C5H10N2O3.F6P/c6-3(5(9)10)1-2-4(7)8;1-7(2,3,4,5)6/h3H,1-2,6H2,(H2,7,8)(H,9,10);/q;-1/p+1. The number of rotatable bonds is 4. The molecule has 0 saturated heterocycles. The molecule has 12 heteroatoms. The van der Waals surface area contributed by atoms with E-state index < -0.39 is 25.7 Å². The van der Waals surface area contributed by atoms with Crippen molar-refractivity contribution >= 4 is 19.7 Å². The molecule has 0 heterocycles. The molecule has 5 N–H and O–H groups in total. The molecule has 0 rings (SSSR count). The summed E-state index contributed by atoms with van der Waals surface area (Å²) in [5.41, 5.74) is 9.81. The molecule has 1 unspecified atom stereocenters. The van der Waals surface area contributed by atoms with Gasteiger partial charge in [-0.3, -0.25) is 9.59 Å². The number of carboxylic acids is 1. The van der Waals surface area contributed by atoms with Crippen LogP contribution >= 0.6 is 7.81 Å². The fourth-order valence-corrected chi connectivity index (χ4v) is 0.421. The van der Waals surface area contributed by atoms with Gasteiger partial charge in [0.2, 0.25) is 5.91 Å². The van der Waals surface area contributed by atoms with Crippen molar-refractivity contribution in [3.05, 3.63) is 0 Å². The van der Waals surface area contributed by atoms with Crippen LogP contribution in [0.5, 0.6) is 0 Å². The Bertz CT molecular complexity index is 295. The van der Waals surface area contributed by atoms with E-state index in [9.17, 15) is 34.8 Å². The monoisotopic (exact) mass is 292 g/mol. The van der Waals surface area contributed by atoms with Crippen LogP contribution in [0.3, 0.4) is 0 Å². The Morgan fingerprint density at radius 3 is 1.65 bits per heavy atom. The minimum absolute atomic E-state index is 0. The van der Waals surface area contributed by atoms with Crippen molar-refractivity contribution in [1.82, 2.24) is 0 Å². The van der Waals surface area contributed by atoms with Crippen molar-refractivity contribution in [2.75, 3.05) is 0 Å². The Hall–Kier alpha value is -1.09. The number of hydrogen-bond acceptors (Lipinski definition) is 3. The van der Waals surface area contributed by atoms with Crippen molar-refractivity contribution in [1.29, 1.82) is 0 Å². The molecule has 17 heavy (non-hydrogen) atoms. The number of nitrogens with two attached hydrogens (primary N) is 2. The molecule has 0 bridgehead atoms. The van der Waals surface area contributed by atoms with Crippen LogP contribution in [0.15, 0.2) is 0 Å². The third kappa shape index (κ3) is 39.7. The molecule has 0 aromatic heterocycles. The maximum Gasteiger partial charge on any atom is 1.00 e. The smallest absolute Gasteiger partial charge is 0.480 e. The average molecular weight is 292 g/mol. The van der Waals surface area contributed by atoms with Gasteiger partial charge in [0.1, 0.15) is 6.04 Å². The van der Waals surface area contributed by atoms with Crippen LogP contribution in [-0.4, -0.2) is 23.0 Å². The van der Waals surface area contributed by atoms with Gasteiger partial charge in [0.25, 0.3) is 0 Å². The van der Waals surface area contributed by atoms with Gasteiger partial charge in [-0.25, -0.2) is 0 Å². The Labute approximate surface area is 92.5 Å². The third-order valence-corrected chi connectivity index (χ3v) is 1.02. The first-order valence-corrected chi connectivity index (χ1v) is 5.85. The van der Waals surface area contributed by atoms with Crippen LogP contribution in [0.2, 0.25) is 0 Å². The van der Waals surface area contributed by atoms with E-state index in [0.29, 0.717) is 0 Å². The minimum Gasteiger partial charge on any atom is -0.480 e. The minimum atomic E-state index is -10.7. The number of carboxylic acid groups (broad SMARTS) is 1. The maximum absolute atomic E-state index is 10.7. The molecule has 106 valence electrons. The molecular formula is C5H11F6N2O3P. The Morgan fingerprint density at radius 2 is 1.47 bits per heavy atom. The predicted molar refractivity (Wildman–Crippen MR) is 48.7 cm³/mol. The molecule has 0 aliphatic rings. The molecule has 1 atom stereocenters. The zero-order chi connectivity index (χ0) is 14.6. The molecule has 0 aliphatic carbocycles. The van der Waals surface area contributed by atoms with Crippen molar-refractivity contribution in [2.24, 2.45) is 11.5 Å². The zero-order valence-corrected chi connectivity index (χ0v) is 9.02. The normalized spacial score (nSPS) is 16.9. The second-order valence-electron chi connectivity index (χ2n) is 2.91. The van der Waals surface area contributed by atoms with E-state index in [0.717, 1.165) is 0 Å². The SMILES string of the molecule is F[P-](F)(F)(F)(F)F.NC(=O)CCC(N)C(=O)O.[H+]. The van der Waals surface area contributed by atoms with Gasteiger partial charge in [0, 0.05) is 6.42 Å². The second kappa shape index (κ2) is 4.65. The summed E-state index contributed by atoms with van der Waals surface area (Å²) in [6.45, 7) is 0. The summed E-state index contributed by atoms with van der Waals surface area (Å²) < 4.78 is 59.2. The van der Waals surface area contributed by atoms with Gasteiger partial charge in [-0.2, -0.15) is 0 Å². The predicted octanol–water partition coefficient (Wildman–Crippen LogP) is 2.16. The first-order valence-electron chi connectivity index (χ1n) is 3.82. The fraction of sp³-hybridized carbons (Fsp3) is 0.600. The number of amides is 1. The molecular weight excluding hydrogens is 281 g/mol. The van der Waals surface area contributed by atoms with E-state index in [4.69, 9.17) is 16.6 Å². The first-order chi connectivity index (χ1) is 6.99. The summed E-state index contributed by atoms with van der Waals surface area (Å²) in [4.78, 5) is 20.1. The van der Waals surface area contributed by atoms with E-state index in [1.165, 1.54) is 0 Å². The van der Waals surface area contributed by atoms with E-state index in [-0.39, 0.29) is 14.3 Å². The summed E-state index contributed by atoms with van der Waals surface area (Å²) >= 11 is 0. The molecule has 0 radical (unpaired) electrons. The van der Waals surface area contributed by atoms with E-state index in [1.54, 1.807) is 0 Å². The molecule has 1 amide bonds. The molecule has 0 aromatic rings. The third-order valence-electron chi connectivity index (χ3n) is 1.02. The van der Waals surface area contributed by atoms with Gasteiger partial charge in [-0.15, -0.1) is 0 Å².